The molecule has 0 aliphatic carbocycles. The van der Waals surface area contributed by atoms with Crippen molar-refractivity contribution in [3.05, 3.63) is 197 Å². The second-order valence-corrected chi connectivity index (χ2v) is 39.5. The molecule has 8 aromatic heterocycles. The smallest absolute Gasteiger partial charge is 0.0496 e. The Kier molecular flexibility index (Phi) is 413. The monoisotopic (exact) mass is 2060 g/mol. The summed E-state index contributed by atoms with van der Waals surface area (Å²) in [6, 6.07) is 14.6. The van der Waals surface area contributed by atoms with E-state index in [0.717, 1.165) is 94.7 Å². The van der Waals surface area contributed by atoms with Gasteiger partial charge in [-0.2, -0.15) is 40.8 Å². The maximum absolute atomic E-state index is 3.72. The van der Waals surface area contributed by atoms with Gasteiger partial charge >= 0.3 is 0 Å². The van der Waals surface area contributed by atoms with Crippen LogP contribution in [0.5, 0.6) is 0 Å². The molecule has 8 heterocycles. The fourth-order valence-electron chi connectivity index (χ4n) is 2.03. The van der Waals surface area contributed by atoms with Crippen LogP contribution in [-0.4, -0.2) is 80.7 Å². The standard InChI is InChI=1S/8C4H4N2.17C4H10.5C3H8.7C2H6/c4*1-2-6-4-3-5-1;4*1-2-4-6-5-3-1;16*1-4(2)3;1-3-4-2;5*1-3-2;7*1-2/h8*1-4H;16*4H,1-3H3;3-4H2,1-2H3;5*3H2,1-2H3;7*1-2H3. The Morgan fingerprint density at radius 2 is 0.145 bits per heavy atom. The molecule has 8 rings (SSSR count). The second-order valence-electron chi connectivity index (χ2n) is 39.5. The summed E-state index contributed by atoms with van der Waals surface area (Å²) in [6.45, 7) is 158. The SMILES string of the molecule is CC.CC.CC.CC.CC.CC.CC.CC(C)C.CC(C)C.CC(C)C.CC(C)C.CC(C)C.CC(C)C.CC(C)C.CC(C)C.CC(C)C.CC(C)C.CC(C)C.CC(C)C.CC(C)C.CC(C)C.CC(C)C.CC(C)C.CCC.CCC.CCC.CCC.CCC.CCCC.c1ccnnc1.c1ccnnc1.c1ccnnc1.c1ccnnc1.c1cnccn1.c1cnccn1.c1cnccn1.c1cnccn1. The van der Waals surface area contributed by atoms with Crippen molar-refractivity contribution < 1.29 is 0 Å². The van der Waals surface area contributed by atoms with Crippen LogP contribution in [0.1, 0.15) is 557 Å². The minimum absolute atomic E-state index is 0.833. The van der Waals surface area contributed by atoms with Crippen molar-refractivity contribution in [2.45, 2.75) is 557 Å². The summed E-state index contributed by atoms with van der Waals surface area (Å²) in [5.74, 6) is 13.3. The number of hydrogen-bond donors (Lipinski definition) is 0. The molecular weight excluding hydrogens is 1770 g/mol. The number of aromatic nitrogens is 16. The third-order valence-electron chi connectivity index (χ3n) is 4.34. The maximum atomic E-state index is 3.72. The lowest BCUT2D eigenvalue weighted by Gasteiger charge is -1.79. The van der Waals surface area contributed by atoms with Crippen LogP contribution < -0.4 is 0 Å². The van der Waals surface area contributed by atoms with Crippen LogP contribution in [0.25, 0.3) is 0 Å². The summed E-state index contributed by atoms with van der Waals surface area (Å²) in [5.41, 5.74) is 0. The zero-order valence-corrected chi connectivity index (χ0v) is 114. The zero-order chi connectivity index (χ0) is 122. The minimum Gasteiger partial charge on any atom is -0.262 e. The van der Waals surface area contributed by atoms with Gasteiger partial charge in [0, 0.05) is 149 Å². The summed E-state index contributed by atoms with van der Waals surface area (Å²) in [4.78, 5) is 29.8. The molecule has 0 aromatic carbocycles. The Morgan fingerprint density at radius 3 is 0.159 bits per heavy atom. The molecule has 0 saturated heterocycles. The minimum atomic E-state index is 0.833. The van der Waals surface area contributed by atoms with Crippen LogP contribution >= 0.6 is 0 Å². The molecule has 16 nitrogen and oxygen atoms in total. The van der Waals surface area contributed by atoms with Gasteiger partial charge in [0.2, 0.25) is 0 Å². The van der Waals surface area contributed by atoms with Gasteiger partial charge in [0.15, 0.2) is 0 Å². The Bertz CT molecular complexity index is 1700. The molecule has 16 heteroatoms. The molecule has 880 valence electrons. The second kappa shape index (κ2) is 275. The van der Waals surface area contributed by atoms with E-state index in [0.29, 0.717) is 0 Å². The van der Waals surface area contributed by atoms with Crippen molar-refractivity contribution in [3.8, 4) is 0 Å². The van der Waals surface area contributed by atoms with Gasteiger partial charge in [0.25, 0.3) is 0 Å². The van der Waals surface area contributed by atoms with Gasteiger partial charge in [-0.15, -0.1) is 0 Å². The van der Waals surface area contributed by atoms with Crippen molar-refractivity contribution in [2.24, 2.45) is 94.7 Å². The molecule has 0 N–H and O–H groups in total. The molecule has 8 aromatic rings. The highest BCUT2D eigenvalue weighted by Crippen LogP contribution is 1.89. The molecule has 0 atom stereocenters. The predicted molar refractivity (Wildman–Crippen MR) is 684 cm³/mol. The van der Waals surface area contributed by atoms with Gasteiger partial charge < -0.3 is 0 Å². The number of nitrogens with zero attached hydrogens (tertiary/aromatic N) is 16. The zero-order valence-electron chi connectivity index (χ0n) is 114. The number of unbranched alkanes of at least 4 members (excludes halogenated alkanes) is 1. The van der Waals surface area contributed by atoms with E-state index in [-0.39, 0.29) is 0 Å². The quantitative estimate of drug-likeness (QED) is 0.150. The van der Waals surface area contributed by atoms with Gasteiger partial charge in [-0.25, -0.2) is 0 Å². The number of hydrogen-bond acceptors (Lipinski definition) is 16. The highest BCUT2D eigenvalue weighted by Gasteiger charge is 1.76. The first-order valence-corrected chi connectivity index (χ1v) is 57.4. The highest BCUT2D eigenvalue weighted by atomic mass is 15.1. The van der Waals surface area contributed by atoms with Crippen LogP contribution in [0.2, 0.25) is 0 Å². The van der Waals surface area contributed by atoms with E-state index in [1.54, 1.807) is 149 Å². The average Bonchev–Trinajstić information content (AvgIpc) is 1.14. The van der Waals surface area contributed by atoms with Gasteiger partial charge in [0.1, 0.15) is 0 Å². The normalized spacial score (nSPS) is 7.74. The first-order chi connectivity index (χ1) is 67.7. The van der Waals surface area contributed by atoms with E-state index >= 15 is 0 Å². The highest BCUT2D eigenvalue weighted by molar-refractivity contribution is 4.82. The maximum Gasteiger partial charge on any atom is 0.0496 e. The van der Waals surface area contributed by atoms with E-state index in [2.05, 4.69) is 496 Å². The van der Waals surface area contributed by atoms with Gasteiger partial charge in [-0.05, 0) is 143 Å². The molecule has 0 fully saturated rings. The Labute approximate surface area is 924 Å². The van der Waals surface area contributed by atoms with Crippen molar-refractivity contribution in [1.29, 1.82) is 0 Å². The van der Waals surface area contributed by atoms with Crippen molar-refractivity contribution in [1.82, 2.24) is 80.7 Å². The fourth-order valence-corrected chi connectivity index (χ4v) is 2.03. The van der Waals surface area contributed by atoms with Crippen LogP contribution in [0.15, 0.2) is 197 Å². The third-order valence-corrected chi connectivity index (χ3v) is 4.34. The Morgan fingerprint density at radius 1 is 0.103 bits per heavy atom. The molecule has 145 heavy (non-hydrogen) atoms. The molecule has 0 radical (unpaired) electrons. The topological polar surface area (TPSA) is 206 Å². The van der Waals surface area contributed by atoms with Crippen molar-refractivity contribution in [3.63, 3.8) is 0 Å². The summed E-state index contributed by atoms with van der Waals surface area (Å²) >= 11 is 0. The number of rotatable bonds is 1. The largest absolute Gasteiger partial charge is 0.262 e. The van der Waals surface area contributed by atoms with Crippen LogP contribution in [0, 0.1) is 94.7 Å². The van der Waals surface area contributed by atoms with Crippen LogP contribution in [0.3, 0.4) is 0 Å². The Hall–Kier alpha value is -7.36. The fraction of sp³-hybridized carbons (Fsp3) is 0.752. The van der Waals surface area contributed by atoms with Gasteiger partial charge in [0.05, 0.1) is 0 Å². The molecule has 0 aliphatic rings. The lowest BCUT2D eigenvalue weighted by molar-refractivity contribution is 0.736. The molecule has 0 bridgehead atoms. The summed E-state index contributed by atoms with van der Waals surface area (Å²) < 4.78 is 0. The molecule has 0 aliphatic heterocycles. The lowest BCUT2D eigenvalue weighted by atomic mass is 10.3. The average molecular weight is 2060 g/mol. The lowest BCUT2D eigenvalue weighted by Crippen LogP contribution is -1.69. The molecule has 0 saturated carbocycles. The van der Waals surface area contributed by atoms with E-state index in [9.17, 15) is 0 Å². The Balaban J connectivity index is -0.0000000355. The summed E-state index contributed by atoms with van der Waals surface area (Å²) in [5, 5.41) is 28.3. The molecule has 0 unspecified atom stereocenters. The first kappa shape index (κ1) is 218. The van der Waals surface area contributed by atoms with Crippen molar-refractivity contribution in [2.75, 3.05) is 0 Å². The predicted octanol–water partition coefficient (Wildman–Crippen LogP) is 46.5. The molecule has 0 spiro atoms. The van der Waals surface area contributed by atoms with Crippen molar-refractivity contribution >= 4 is 0 Å². The first-order valence-electron chi connectivity index (χ1n) is 57.4. The van der Waals surface area contributed by atoms with Gasteiger partial charge in [-0.3, -0.25) is 39.9 Å². The summed E-state index contributed by atoms with van der Waals surface area (Å²) in [7, 11) is 0. The van der Waals surface area contributed by atoms with E-state index in [4.69, 9.17) is 0 Å². The van der Waals surface area contributed by atoms with Gasteiger partial charge in [-0.1, -0.05) is 557 Å². The molecular formula is C129H284N16. The summed E-state index contributed by atoms with van der Waals surface area (Å²) in [6.07, 6.45) is 48.2. The van der Waals surface area contributed by atoms with E-state index in [1.807, 2.05) is 145 Å². The van der Waals surface area contributed by atoms with E-state index in [1.165, 1.54) is 44.9 Å². The third kappa shape index (κ3) is 1430. The van der Waals surface area contributed by atoms with Crippen LogP contribution in [-0.2, 0) is 0 Å². The van der Waals surface area contributed by atoms with E-state index < -0.39 is 0 Å². The molecule has 0 amide bonds. The van der Waals surface area contributed by atoms with Crippen LogP contribution in [0.4, 0.5) is 0 Å².